The summed E-state index contributed by atoms with van der Waals surface area (Å²) in [6.45, 7) is 2.29. The van der Waals surface area contributed by atoms with E-state index in [1.165, 1.54) is 30.5 Å². The smallest absolute Gasteiger partial charge is 0.116 e. The largest absolute Gasteiger partial charge is 0.316 e. The molecule has 0 amide bonds. The van der Waals surface area contributed by atoms with E-state index in [0.717, 1.165) is 24.4 Å². The molecule has 1 aromatic heterocycles. The van der Waals surface area contributed by atoms with Crippen LogP contribution in [-0.2, 0) is 6.42 Å². The van der Waals surface area contributed by atoms with E-state index in [2.05, 4.69) is 33.5 Å². The molecule has 3 heteroatoms. The van der Waals surface area contributed by atoms with E-state index in [1.807, 2.05) is 6.07 Å². The van der Waals surface area contributed by atoms with Gasteiger partial charge >= 0.3 is 0 Å². The molecule has 1 saturated heterocycles. The Morgan fingerprint density at radius 1 is 1.24 bits per heavy atom. The van der Waals surface area contributed by atoms with Gasteiger partial charge in [-0.15, -0.1) is 0 Å². The molecule has 3 rings (SSSR count). The minimum atomic E-state index is 0.724. The Morgan fingerprint density at radius 3 is 3.06 bits per heavy atom. The Hall–Kier alpha value is -1.48. The molecule has 2 aromatic rings. The summed E-state index contributed by atoms with van der Waals surface area (Å²) >= 11 is 0. The zero-order chi connectivity index (χ0) is 11.5. The highest BCUT2D eigenvalue weighted by Gasteiger charge is 2.15. The molecule has 1 unspecified atom stereocenters. The van der Waals surface area contributed by atoms with Crippen molar-refractivity contribution in [1.82, 2.24) is 15.3 Å². The van der Waals surface area contributed by atoms with Crippen LogP contribution < -0.4 is 5.32 Å². The first-order valence-electron chi connectivity index (χ1n) is 6.33. The maximum Gasteiger partial charge on any atom is 0.116 e. The number of nitrogens with one attached hydrogen (secondary N) is 1. The van der Waals surface area contributed by atoms with Gasteiger partial charge in [-0.05, 0) is 44.3 Å². The van der Waals surface area contributed by atoms with Crippen LogP contribution in [0.2, 0.25) is 0 Å². The highest BCUT2D eigenvalue weighted by Crippen LogP contribution is 2.20. The Balaban J connectivity index is 1.89. The normalized spacial score (nSPS) is 20.6. The second-order valence-electron chi connectivity index (χ2n) is 4.75. The average molecular weight is 227 g/mol. The summed E-state index contributed by atoms with van der Waals surface area (Å²) in [5.74, 6) is 0.724. The van der Waals surface area contributed by atoms with Crippen molar-refractivity contribution in [2.24, 2.45) is 5.92 Å². The molecule has 1 fully saturated rings. The van der Waals surface area contributed by atoms with Crippen molar-refractivity contribution in [3.63, 3.8) is 0 Å². The van der Waals surface area contributed by atoms with Crippen molar-refractivity contribution in [2.45, 2.75) is 19.3 Å². The lowest BCUT2D eigenvalue weighted by molar-refractivity contribution is 0.374. The van der Waals surface area contributed by atoms with E-state index >= 15 is 0 Å². The van der Waals surface area contributed by atoms with Crippen LogP contribution in [0.3, 0.4) is 0 Å². The summed E-state index contributed by atoms with van der Waals surface area (Å²) < 4.78 is 0. The molecule has 0 spiro atoms. The van der Waals surface area contributed by atoms with Gasteiger partial charge < -0.3 is 5.32 Å². The van der Waals surface area contributed by atoms with Crippen LogP contribution in [0.5, 0.6) is 0 Å². The van der Waals surface area contributed by atoms with E-state index in [4.69, 9.17) is 0 Å². The lowest BCUT2D eigenvalue weighted by atomic mass is 9.93. The fourth-order valence-corrected chi connectivity index (χ4v) is 2.59. The van der Waals surface area contributed by atoms with Crippen LogP contribution in [0.4, 0.5) is 0 Å². The van der Waals surface area contributed by atoms with Crippen molar-refractivity contribution < 1.29 is 0 Å². The second-order valence-corrected chi connectivity index (χ2v) is 4.75. The minimum absolute atomic E-state index is 0.724. The lowest BCUT2D eigenvalue weighted by Crippen LogP contribution is -2.31. The summed E-state index contributed by atoms with van der Waals surface area (Å²) in [6.07, 6.45) is 5.35. The highest BCUT2D eigenvalue weighted by atomic mass is 14.9. The second kappa shape index (κ2) is 4.80. The van der Waals surface area contributed by atoms with Gasteiger partial charge in [0, 0.05) is 5.39 Å². The van der Waals surface area contributed by atoms with Crippen LogP contribution in [0.25, 0.3) is 10.9 Å². The van der Waals surface area contributed by atoms with Crippen LogP contribution >= 0.6 is 0 Å². The maximum absolute atomic E-state index is 4.46. The van der Waals surface area contributed by atoms with E-state index in [-0.39, 0.29) is 0 Å². The first-order chi connectivity index (χ1) is 8.43. The van der Waals surface area contributed by atoms with Gasteiger partial charge in [0.15, 0.2) is 0 Å². The first kappa shape index (κ1) is 10.7. The van der Waals surface area contributed by atoms with E-state index in [9.17, 15) is 0 Å². The molecular formula is C14H17N3. The molecule has 1 N–H and O–H groups in total. The van der Waals surface area contributed by atoms with Crippen molar-refractivity contribution in [3.8, 4) is 0 Å². The Bertz CT molecular complexity index is 498. The lowest BCUT2D eigenvalue weighted by Gasteiger charge is -2.22. The van der Waals surface area contributed by atoms with Gasteiger partial charge in [0.2, 0.25) is 0 Å². The van der Waals surface area contributed by atoms with Crippen LogP contribution in [0, 0.1) is 5.92 Å². The molecule has 0 saturated carbocycles. The topological polar surface area (TPSA) is 37.8 Å². The standard InChI is InChI=1S/C14H17N3/c1-2-6-13-12(5-1)14(17-10-16-13)8-11-4-3-7-15-9-11/h1-2,5-6,10-11,15H,3-4,7-9H2. The number of rotatable bonds is 2. The maximum atomic E-state index is 4.46. The van der Waals surface area contributed by atoms with Gasteiger partial charge in [0.25, 0.3) is 0 Å². The van der Waals surface area contributed by atoms with Gasteiger partial charge in [0.1, 0.15) is 6.33 Å². The zero-order valence-corrected chi connectivity index (χ0v) is 9.89. The van der Waals surface area contributed by atoms with Crippen molar-refractivity contribution in [3.05, 3.63) is 36.3 Å². The number of benzene rings is 1. The zero-order valence-electron chi connectivity index (χ0n) is 9.89. The Kier molecular flexibility index (Phi) is 3.01. The molecule has 3 nitrogen and oxygen atoms in total. The predicted octanol–water partition coefficient (Wildman–Crippen LogP) is 2.17. The van der Waals surface area contributed by atoms with Crippen molar-refractivity contribution in [2.75, 3.05) is 13.1 Å². The third-order valence-corrected chi connectivity index (χ3v) is 3.51. The van der Waals surface area contributed by atoms with E-state index in [1.54, 1.807) is 6.33 Å². The molecule has 1 aliphatic rings. The number of nitrogens with zero attached hydrogens (tertiary/aromatic N) is 2. The first-order valence-corrected chi connectivity index (χ1v) is 6.33. The van der Waals surface area contributed by atoms with Crippen molar-refractivity contribution in [1.29, 1.82) is 0 Å². The summed E-state index contributed by atoms with van der Waals surface area (Å²) in [4.78, 5) is 8.77. The fourth-order valence-electron chi connectivity index (χ4n) is 2.59. The van der Waals surface area contributed by atoms with Gasteiger partial charge in [0.05, 0.1) is 11.2 Å². The SMILES string of the molecule is c1ccc2c(CC3CCCNC3)ncnc2c1. The Morgan fingerprint density at radius 2 is 2.18 bits per heavy atom. The van der Waals surface area contributed by atoms with Gasteiger partial charge in [-0.25, -0.2) is 9.97 Å². The molecule has 0 bridgehead atoms. The fraction of sp³-hybridized carbons (Fsp3) is 0.429. The number of hydrogen-bond donors (Lipinski definition) is 1. The summed E-state index contributed by atoms with van der Waals surface area (Å²) in [5.41, 5.74) is 2.26. The Labute approximate surface area is 101 Å². The molecule has 88 valence electrons. The van der Waals surface area contributed by atoms with Crippen LogP contribution in [-0.4, -0.2) is 23.1 Å². The van der Waals surface area contributed by atoms with E-state index < -0.39 is 0 Å². The molecule has 2 heterocycles. The molecular weight excluding hydrogens is 210 g/mol. The summed E-state index contributed by atoms with van der Waals surface area (Å²) in [7, 11) is 0. The van der Waals surface area contributed by atoms with Crippen LogP contribution in [0.1, 0.15) is 18.5 Å². The van der Waals surface area contributed by atoms with Crippen LogP contribution in [0.15, 0.2) is 30.6 Å². The molecule has 1 aromatic carbocycles. The molecule has 1 atom stereocenters. The van der Waals surface area contributed by atoms with E-state index in [0.29, 0.717) is 0 Å². The minimum Gasteiger partial charge on any atom is -0.316 e. The average Bonchev–Trinajstić information content (AvgIpc) is 2.40. The van der Waals surface area contributed by atoms with Gasteiger partial charge in [-0.2, -0.15) is 0 Å². The van der Waals surface area contributed by atoms with Gasteiger partial charge in [-0.3, -0.25) is 0 Å². The summed E-state index contributed by atoms with van der Waals surface area (Å²) in [6, 6.07) is 8.27. The molecule has 0 aliphatic carbocycles. The predicted molar refractivity (Wildman–Crippen MR) is 68.8 cm³/mol. The highest BCUT2D eigenvalue weighted by molar-refractivity contribution is 5.80. The number of aromatic nitrogens is 2. The number of para-hydroxylation sites is 1. The third kappa shape index (κ3) is 2.29. The number of hydrogen-bond acceptors (Lipinski definition) is 3. The number of fused-ring (bicyclic) bond motifs is 1. The monoisotopic (exact) mass is 227 g/mol. The molecule has 0 radical (unpaired) electrons. The molecule has 1 aliphatic heterocycles. The number of piperidine rings is 1. The molecule has 17 heavy (non-hydrogen) atoms. The summed E-state index contributed by atoms with van der Waals surface area (Å²) in [5, 5.41) is 4.67. The van der Waals surface area contributed by atoms with Crippen molar-refractivity contribution >= 4 is 10.9 Å². The quantitative estimate of drug-likeness (QED) is 0.854. The third-order valence-electron chi connectivity index (χ3n) is 3.51. The van der Waals surface area contributed by atoms with Gasteiger partial charge in [-0.1, -0.05) is 18.2 Å².